The molecule has 0 aliphatic carbocycles. The van der Waals surface area contributed by atoms with E-state index >= 15 is 0 Å². The van der Waals surface area contributed by atoms with Crippen molar-refractivity contribution in [2.75, 3.05) is 32.7 Å². The Hall–Kier alpha value is -1.66. The largest absolute Gasteiger partial charge is 0.478 e. The van der Waals surface area contributed by atoms with Gasteiger partial charge in [0.1, 0.15) is 5.56 Å². The Kier molecular flexibility index (Phi) is 5.54. The van der Waals surface area contributed by atoms with E-state index in [0.717, 1.165) is 5.69 Å². The van der Waals surface area contributed by atoms with E-state index in [1.165, 1.54) is 6.20 Å². The molecule has 6 heteroatoms. The summed E-state index contributed by atoms with van der Waals surface area (Å²) in [6.45, 7) is 2.71. The summed E-state index contributed by atoms with van der Waals surface area (Å²) in [5, 5.41) is 12.1. The highest BCUT2D eigenvalue weighted by atomic mass is 16.5. The van der Waals surface area contributed by atoms with Gasteiger partial charge in [-0.15, -0.1) is 0 Å². The molecular weight excluding hydrogens is 236 g/mol. The summed E-state index contributed by atoms with van der Waals surface area (Å²) in [4.78, 5) is 15.0. The normalized spacial score (nSPS) is 12.2. The van der Waals surface area contributed by atoms with Crippen LogP contribution in [0.3, 0.4) is 0 Å². The first-order valence-electron chi connectivity index (χ1n) is 5.54. The Balaban J connectivity index is 2.76. The highest BCUT2D eigenvalue weighted by Crippen LogP contribution is 2.15. The van der Waals surface area contributed by atoms with Crippen molar-refractivity contribution >= 4 is 11.7 Å². The molecule has 1 unspecified atom stereocenters. The maximum atomic E-state index is 11.0. The Labute approximate surface area is 106 Å². The molecule has 1 aromatic rings. The average molecular weight is 254 g/mol. The lowest BCUT2D eigenvalue weighted by molar-refractivity contribution is 0.0365. The summed E-state index contributed by atoms with van der Waals surface area (Å²) in [7, 11) is 3.17. The molecule has 1 aromatic heterocycles. The predicted octanol–water partition coefficient (Wildman–Crippen LogP) is 1.16. The van der Waals surface area contributed by atoms with E-state index in [4.69, 9.17) is 14.6 Å². The predicted molar refractivity (Wildman–Crippen MR) is 67.1 cm³/mol. The number of carboxylic acids is 1. The number of ether oxygens (including phenoxy) is 2. The number of aromatic carboxylic acids is 1. The first kappa shape index (κ1) is 14.4. The molecule has 1 rings (SSSR count). The minimum absolute atomic E-state index is 0.134. The highest BCUT2D eigenvalue weighted by molar-refractivity contribution is 5.93. The molecule has 1 atom stereocenters. The zero-order valence-electron chi connectivity index (χ0n) is 10.8. The molecule has 0 aromatic carbocycles. The number of aryl methyl sites for hydroxylation is 1. The second kappa shape index (κ2) is 6.93. The van der Waals surface area contributed by atoms with E-state index in [1.807, 2.05) is 0 Å². The number of carbonyl (C=O) groups is 1. The number of methoxy groups -OCH3 is 2. The van der Waals surface area contributed by atoms with Crippen LogP contribution in [0.25, 0.3) is 0 Å². The molecule has 1 heterocycles. The van der Waals surface area contributed by atoms with Crippen LogP contribution in [0, 0.1) is 6.92 Å². The Bertz CT molecular complexity index is 409. The van der Waals surface area contributed by atoms with Gasteiger partial charge >= 0.3 is 5.97 Å². The lowest BCUT2D eigenvalue weighted by Gasteiger charge is -2.17. The Morgan fingerprint density at radius 1 is 1.56 bits per heavy atom. The maximum absolute atomic E-state index is 11.0. The van der Waals surface area contributed by atoms with Gasteiger partial charge in [0.15, 0.2) is 0 Å². The third kappa shape index (κ3) is 3.97. The minimum atomic E-state index is -1.01. The number of carboxylic acid groups (broad SMARTS) is 1. The van der Waals surface area contributed by atoms with Crippen LogP contribution < -0.4 is 5.32 Å². The van der Waals surface area contributed by atoms with Crippen molar-refractivity contribution in [2.45, 2.75) is 13.0 Å². The van der Waals surface area contributed by atoms with E-state index in [0.29, 0.717) is 18.8 Å². The molecule has 0 aliphatic rings. The molecule has 2 N–H and O–H groups in total. The minimum Gasteiger partial charge on any atom is -0.478 e. The monoisotopic (exact) mass is 254 g/mol. The molecule has 6 nitrogen and oxygen atoms in total. The molecule has 100 valence electrons. The number of hydrogen-bond donors (Lipinski definition) is 2. The molecule has 0 amide bonds. The Morgan fingerprint density at radius 2 is 2.28 bits per heavy atom. The molecule has 0 bridgehead atoms. The van der Waals surface area contributed by atoms with E-state index in [1.54, 1.807) is 27.2 Å². The van der Waals surface area contributed by atoms with E-state index < -0.39 is 5.97 Å². The first-order valence-corrected chi connectivity index (χ1v) is 5.54. The number of pyridine rings is 1. The summed E-state index contributed by atoms with van der Waals surface area (Å²) < 4.78 is 10.2. The van der Waals surface area contributed by atoms with Crippen molar-refractivity contribution in [1.82, 2.24) is 4.98 Å². The van der Waals surface area contributed by atoms with Gasteiger partial charge in [0.25, 0.3) is 0 Å². The summed E-state index contributed by atoms with van der Waals surface area (Å²) in [6.07, 6.45) is 1.21. The molecule has 0 fully saturated rings. The van der Waals surface area contributed by atoms with Crippen molar-refractivity contribution in [1.29, 1.82) is 0 Å². The number of nitrogens with zero attached hydrogens (tertiary/aromatic N) is 1. The number of hydrogen-bond acceptors (Lipinski definition) is 5. The lowest BCUT2D eigenvalue weighted by atomic mass is 10.2. The van der Waals surface area contributed by atoms with Gasteiger partial charge in [0.2, 0.25) is 0 Å². The zero-order chi connectivity index (χ0) is 13.5. The molecule has 18 heavy (non-hydrogen) atoms. The van der Waals surface area contributed by atoms with Gasteiger partial charge in [0, 0.05) is 32.7 Å². The fourth-order valence-electron chi connectivity index (χ4n) is 1.50. The zero-order valence-corrected chi connectivity index (χ0v) is 10.8. The van der Waals surface area contributed by atoms with Crippen LogP contribution in [-0.2, 0) is 9.47 Å². The second-order valence-electron chi connectivity index (χ2n) is 3.87. The van der Waals surface area contributed by atoms with E-state index in [9.17, 15) is 4.79 Å². The van der Waals surface area contributed by atoms with Crippen LogP contribution >= 0.6 is 0 Å². The average Bonchev–Trinajstić information content (AvgIpc) is 2.34. The number of anilines is 1. The number of aromatic nitrogens is 1. The van der Waals surface area contributed by atoms with Crippen LogP contribution in [0.5, 0.6) is 0 Å². The third-order valence-electron chi connectivity index (χ3n) is 2.48. The van der Waals surface area contributed by atoms with Crippen LogP contribution in [0.15, 0.2) is 12.3 Å². The highest BCUT2D eigenvalue weighted by Gasteiger charge is 2.13. The van der Waals surface area contributed by atoms with Gasteiger partial charge in [-0.2, -0.15) is 0 Å². The number of nitrogens with one attached hydrogen (secondary N) is 1. The van der Waals surface area contributed by atoms with E-state index in [2.05, 4.69) is 10.3 Å². The fourth-order valence-corrected chi connectivity index (χ4v) is 1.50. The van der Waals surface area contributed by atoms with Crippen molar-refractivity contribution in [3.8, 4) is 0 Å². The maximum Gasteiger partial charge on any atom is 0.339 e. The van der Waals surface area contributed by atoms with Gasteiger partial charge in [-0.3, -0.25) is 4.98 Å². The molecule has 0 spiro atoms. The second-order valence-corrected chi connectivity index (χ2v) is 3.87. The van der Waals surface area contributed by atoms with Gasteiger partial charge in [-0.05, 0) is 13.0 Å². The fraction of sp³-hybridized carbons (Fsp3) is 0.500. The lowest BCUT2D eigenvalue weighted by Crippen LogP contribution is -2.27. The van der Waals surface area contributed by atoms with Gasteiger partial charge < -0.3 is 19.9 Å². The standard InChI is InChI=1S/C12H18N2O4/c1-8-4-11(10(6-13-8)12(15)16)14-5-9(18-3)7-17-2/h4,6,9H,5,7H2,1-3H3,(H,13,14)(H,15,16). The number of rotatable bonds is 7. The van der Waals surface area contributed by atoms with Crippen molar-refractivity contribution in [3.63, 3.8) is 0 Å². The molecule has 0 saturated carbocycles. The van der Waals surface area contributed by atoms with Crippen molar-refractivity contribution in [2.24, 2.45) is 0 Å². The Morgan fingerprint density at radius 3 is 2.83 bits per heavy atom. The van der Waals surface area contributed by atoms with Crippen molar-refractivity contribution < 1.29 is 19.4 Å². The van der Waals surface area contributed by atoms with Gasteiger partial charge in [-0.1, -0.05) is 0 Å². The first-order chi connectivity index (χ1) is 8.58. The summed E-state index contributed by atoms with van der Waals surface area (Å²) in [5.41, 5.74) is 1.43. The molecule has 0 radical (unpaired) electrons. The smallest absolute Gasteiger partial charge is 0.339 e. The van der Waals surface area contributed by atoms with Crippen LogP contribution in [0.4, 0.5) is 5.69 Å². The van der Waals surface area contributed by atoms with Gasteiger partial charge in [0.05, 0.1) is 18.4 Å². The van der Waals surface area contributed by atoms with Crippen LogP contribution in [-0.4, -0.2) is 49.5 Å². The van der Waals surface area contributed by atoms with Gasteiger partial charge in [-0.25, -0.2) is 4.79 Å². The summed E-state index contributed by atoms with van der Waals surface area (Å²) in [6, 6.07) is 1.70. The van der Waals surface area contributed by atoms with E-state index in [-0.39, 0.29) is 11.7 Å². The topological polar surface area (TPSA) is 80.7 Å². The summed E-state index contributed by atoms with van der Waals surface area (Å²) in [5.74, 6) is -1.01. The molecule has 0 aliphatic heterocycles. The molecular formula is C12H18N2O4. The third-order valence-corrected chi connectivity index (χ3v) is 2.48. The van der Waals surface area contributed by atoms with Crippen LogP contribution in [0.2, 0.25) is 0 Å². The van der Waals surface area contributed by atoms with Crippen LogP contribution in [0.1, 0.15) is 16.1 Å². The quantitative estimate of drug-likeness (QED) is 0.760. The summed E-state index contributed by atoms with van der Waals surface area (Å²) >= 11 is 0. The van der Waals surface area contributed by atoms with Crippen molar-refractivity contribution in [3.05, 3.63) is 23.5 Å². The molecule has 0 saturated heterocycles. The SMILES string of the molecule is COCC(CNc1cc(C)ncc1C(=O)O)OC.